The predicted molar refractivity (Wildman–Crippen MR) is 116 cm³/mol. The Labute approximate surface area is 189 Å². The van der Waals surface area contributed by atoms with Crippen molar-refractivity contribution in [2.24, 2.45) is 0 Å². The lowest BCUT2D eigenvalue weighted by molar-refractivity contribution is -0.137. The highest BCUT2D eigenvalue weighted by Gasteiger charge is 2.30. The van der Waals surface area contributed by atoms with Gasteiger partial charge in [0.15, 0.2) is 11.5 Å². The Morgan fingerprint density at radius 3 is 2.48 bits per heavy atom. The van der Waals surface area contributed by atoms with Crippen LogP contribution in [0.25, 0.3) is 10.9 Å². The number of alkyl halides is 3. The first-order valence-corrected chi connectivity index (χ1v) is 10.1. The van der Waals surface area contributed by atoms with Crippen molar-refractivity contribution in [1.82, 2.24) is 15.0 Å². The lowest BCUT2D eigenvalue weighted by Gasteiger charge is -2.15. The summed E-state index contributed by atoms with van der Waals surface area (Å²) in [5.74, 6) is 1.89. The number of benzene rings is 1. The van der Waals surface area contributed by atoms with Crippen molar-refractivity contribution in [3.8, 4) is 11.5 Å². The van der Waals surface area contributed by atoms with Crippen molar-refractivity contribution in [3.05, 3.63) is 47.5 Å². The zero-order chi connectivity index (χ0) is 23.8. The van der Waals surface area contributed by atoms with E-state index in [0.717, 1.165) is 18.3 Å². The van der Waals surface area contributed by atoms with Crippen LogP contribution in [0, 0.1) is 6.92 Å². The minimum atomic E-state index is -4.44. The van der Waals surface area contributed by atoms with Crippen LogP contribution < -0.4 is 14.8 Å². The highest BCUT2D eigenvalue weighted by Crippen LogP contribution is 2.34. The predicted octanol–water partition coefficient (Wildman–Crippen LogP) is 4.01. The molecule has 0 aliphatic heterocycles. The smallest absolute Gasteiger partial charge is 0.416 e. The van der Waals surface area contributed by atoms with E-state index < -0.39 is 11.7 Å². The molecule has 11 heteroatoms. The number of nitrogens with zero attached hydrogens (tertiary/aromatic N) is 3. The summed E-state index contributed by atoms with van der Waals surface area (Å²) in [5, 5.41) is 3.69. The maximum absolute atomic E-state index is 13.0. The minimum Gasteiger partial charge on any atom is -0.493 e. The molecule has 0 fully saturated rings. The maximum Gasteiger partial charge on any atom is 0.416 e. The van der Waals surface area contributed by atoms with Gasteiger partial charge < -0.3 is 24.3 Å². The molecule has 3 rings (SSSR count). The van der Waals surface area contributed by atoms with E-state index in [1.165, 1.54) is 7.11 Å². The summed E-state index contributed by atoms with van der Waals surface area (Å²) in [4.78, 5) is 12.8. The Morgan fingerprint density at radius 2 is 1.76 bits per heavy atom. The van der Waals surface area contributed by atoms with Gasteiger partial charge in [0, 0.05) is 24.8 Å². The third-order valence-corrected chi connectivity index (χ3v) is 4.59. The number of hydrogen-bond acceptors (Lipinski definition) is 8. The highest BCUT2D eigenvalue weighted by atomic mass is 19.4. The van der Waals surface area contributed by atoms with Crippen molar-refractivity contribution < 1.29 is 32.1 Å². The number of hydrogen-bond donors (Lipinski definition) is 1. The first-order chi connectivity index (χ1) is 15.8. The highest BCUT2D eigenvalue weighted by molar-refractivity contribution is 5.91. The summed E-state index contributed by atoms with van der Waals surface area (Å²) >= 11 is 0. The standard InChI is InChI=1S/C22H25F3N4O4/c1-14-28-18-12-19(31-3)20(33-9-8-32-7-6-30-2)11-17(18)21(29-14)27-13-16-10-15(4-5-26-16)22(23,24)25/h4-5,10-12H,6-9,13H2,1-3H3,(H,27,28,29). The molecular weight excluding hydrogens is 441 g/mol. The number of anilines is 1. The van der Waals surface area contributed by atoms with Gasteiger partial charge in [0.05, 0.1) is 50.2 Å². The number of methoxy groups -OCH3 is 2. The molecule has 2 heterocycles. The minimum absolute atomic E-state index is 0.0467. The van der Waals surface area contributed by atoms with Crippen LogP contribution >= 0.6 is 0 Å². The van der Waals surface area contributed by atoms with Crippen LogP contribution in [-0.2, 0) is 22.2 Å². The second-order valence-corrected chi connectivity index (χ2v) is 6.98. The van der Waals surface area contributed by atoms with E-state index in [0.29, 0.717) is 53.9 Å². The summed E-state index contributed by atoms with van der Waals surface area (Å²) < 4.78 is 60.5. The third kappa shape index (κ3) is 6.65. The SMILES string of the molecule is COCCOCCOc1cc2c(NCc3cc(C(F)(F)F)ccn3)nc(C)nc2cc1OC. The van der Waals surface area contributed by atoms with Crippen LogP contribution in [0.2, 0.25) is 0 Å². The average Bonchev–Trinajstić information content (AvgIpc) is 2.79. The van der Waals surface area contributed by atoms with Crippen molar-refractivity contribution in [1.29, 1.82) is 0 Å². The second-order valence-electron chi connectivity index (χ2n) is 6.98. The first-order valence-electron chi connectivity index (χ1n) is 10.1. The van der Waals surface area contributed by atoms with E-state index in [1.54, 1.807) is 26.2 Å². The number of ether oxygens (including phenoxy) is 4. The second kappa shape index (κ2) is 11.1. The van der Waals surface area contributed by atoms with Crippen molar-refractivity contribution in [3.63, 3.8) is 0 Å². The van der Waals surface area contributed by atoms with Gasteiger partial charge in [-0.1, -0.05) is 0 Å². The summed E-state index contributed by atoms with van der Waals surface area (Å²) in [7, 11) is 3.12. The molecule has 33 heavy (non-hydrogen) atoms. The molecular formula is C22H25F3N4O4. The molecule has 0 aliphatic carbocycles. The normalized spacial score (nSPS) is 11.6. The number of aryl methyl sites for hydroxylation is 1. The van der Waals surface area contributed by atoms with E-state index >= 15 is 0 Å². The van der Waals surface area contributed by atoms with Gasteiger partial charge in [-0.3, -0.25) is 4.98 Å². The Bertz CT molecular complexity index is 1080. The fraction of sp³-hybridized carbons (Fsp3) is 0.409. The van der Waals surface area contributed by atoms with E-state index in [9.17, 15) is 13.2 Å². The van der Waals surface area contributed by atoms with Gasteiger partial charge in [0.25, 0.3) is 0 Å². The van der Waals surface area contributed by atoms with Crippen LogP contribution in [0.3, 0.4) is 0 Å². The molecule has 2 aromatic heterocycles. The lowest BCUT2D eigenvalue weighted by atomic mass is 10.2. The Kier molecular flexibility index (Phi) is 8.23. The van der Waals surface area contributed by atoms with Crippen LogP contribution in [0.15, 0.2) is 30.5 Å². The molecule has 0 bridgehead atoms. The fourth-order valence-electron chi connectivity index (χ4n) is 3.04. The number of fused-ring (bicyclic) bond motifs is 1. The van der Waals surface area contributed by atoms with Gasteiger partial charge in [-0.05, 0) is 25.1 Å². The Hall–Kier alpha value is -3.18. The largest absolute Gasteiger partial charge is 0.493 e. The van der Waals surface area contributed by atoms with Gasteiger partial charge in [-0.2, -0.15) is 13.2 Å². The number of aromatic nitrogens is 3. The van der Waals surface area contributed by atoms with E-state index in [1.807, 2.05) is 0 Å². The Balaban J connectivity index is 1.81. The molecule has 1 aromatic carbocycles. The maximum atomic E-state index is 13.0. The molecule has 8 nitrogen and oxygen atoms in total. The summed E-state index contributed by atoms with van der Waals surface area (Å²) in [6.07, 6.45) is -3.30. The molecule has 0 saturated carbocycles. The van der Waals surface area contributed by atoms with Gasteiger partial charge >= 0.3 is 6.18 Å². The third-order valence-electron chi connectivity index (χ3n) is 4.59. The van der Waals surface area contributed by atoms with Crippen molar-refractivity contribution in [2.45, 2.75) is 19.6 Å². The van der Waals surface area contributed by atoms with E-state index in [-0.39, 0.29) is 18.8 Å². The van der Waals surface area contributed by atoms with Crippen LogP contribution in [0.5, 0.6) is 11.5 Å². The molecule has 0 atom stereocenters. The molecule has 0 spiro atoms. The van der Waals surface area contributed by atoms with Crippen LogP contribution in [0.4, 0.5) is 19.0 Å². The average molecular weight is 466 g/mol. The molecule has 0 saturated heterocycles. The molecule has 3 aromatic rings. The Morgan fingerprint density at radius 1 is 0.970 bits per heavy atom. The van der Waals surface area contributed by atoms with Gasteiger partial charge in [-0.25, -0.2) is 9.97 Å². The van der Waals surface area contributed by atoms with Gasteiger partial charge in [-0.15, -0.1) is 0 Å². The molecule has 0 unspecified atom stereocenters. The molecule has 178 valence electrons. The first kappa shape index (κ1) is 24.5. The zero-order valence-electron chi connectivity index (χ0n) is 18.5. The van der Waals surface area contributed by atoms with E-state index in [4.69, 9.17) is 18.9 Å². The number of pyridine rings is 1. The topological polar surface area (TPSA) is 87.6 Å². The van der Waals surface area contributed by atoms with Crippen LogP contribution in [0.1, 0.15) is 17.1 Å². The lowest BCUT2D eigenvalue weighted by Crippen LogP contribution is -2.11. The summed E-state index contributed by atoms with van der Waals surface area (Å²) in [6.45, 7) is 3.37. The van der Waals surface area contributed by atoms with E-state index in [2.05, 4.69) is 20.3 Å². The number of rotatable bonds is 11. The van der Waals surface area contributed by atoms with Gasteiger partial charge in [0.2, 0.25) is 0 Å². The van der Waals surface area contributed by atoms with Crippen molar-refractivity contribution in [2.75, 3.05) is 46.0 Å². The van der Waals surface area contributed by atoms with Crippen LogP contribution in [-0.4, -0.2) is 55.6 Å². The zero-order valence-corrected chi connectivity index (χ0v) is 18.5. The number of nitrogens with one attached hydrogen (secondary N) is 1. The molecule has 0 aliphatic rings. The monoisotopic (exact) mass is 466 g/mol. The van der Waals surface area contributed by atoms with Crippen molar-refractivity contribution >= 4 is 16.7 Å². The molecule has 0 radical (unpaired) electrons. The van der Waals surface area contributed by atoms with Gasteiger partial charge in [0.1, 0.15) is 18.2 Å². The quantitative estimate of drug-likeness (QED) is 0.424. The summed E-state index contributed by atoms with van der Waals surface area (Å²) in [5.41, 5.74) is 0.0705. The summed E-state index contributed by atoms with van der Waals surface area (Å²) in [6, 6.07) is 5.39. The number of halogens is 3. The fourth-order valence-corrected chi connectivity index (χ4v) is 3.04. The molecule has 0 amide bonds. The molecule has 1 N–H and O–H groups in total.